The van der Waals surface area contributed by atoms with Crippen LogP contribution in [0.25, 0.3) is 10.2 Å². The van der Waals surface area contributed by atoms with E-state index in [1.807, 2.05) is 33.7 Å². The van der Waals surface area contributed by atoms with Gasteiger partial charge in [0.2, 0.25) is 5.91 Å². The highest BCUT2D eigenvalue weighted by molar-refractivity contribution is 8.00. The fourth-order valence-corrected chi connectivity index (χ4v) is 5.92. The third kappa shape index (κ3) is 6.79. The van der Waals surface area contributed by atoms with E-state index in [0.717, 1.165) is 23.3 Å². The van der Waals surface area contributed by atoms with E-state index in [2.05, 4.69) is 22.0 Å². The number of rotatable bonds is 9. The first-order valence-corrected chi connectivity index (χ1v) is 13.9. The second-order valence-corrected chi connectivity index (χ2v) is 10.4. The number of thiazole rings is 1. The van der Waals surface area contributed by atoms with Crippen molar-refractivity contribution in [2.45, 2.75) is 6.54 Å². The summed E-state index contributed by atoms with van der Waals surface area (Å²) in [6.07, 6.45) is 0. The molecule has 37 heavy (non-hydrogen) atoms. The number of nitrogens with zero attached hydrogens (tertiary/aromatic N) is 4. The van der Waals surface area contributed by atoms with Gasteiger partial charge < -0.3 is 23.8 Å². The summed E-state index contributed by atoms with van der Waals surface area (Å²) in [6.45, 7) is 3.88. The van der Waals surface area contributed by atoms with E-state index in [0.29, 0.717) is 36.6 Å². The van der Waals surface area contributed by atoms with Crippen LogP contribution in [-0.2, 0) is 25.6 Å². The molecule has 1 aliphatic rings. The molecule has 0 saturated carbocycles. The van der Waals surface area contributed by atoms with Gasteiger partial charge in [0.1, 0.15) is 0 Å². The van der Waals surface area contributed by atoms with Crippen LogP contribution in [0.5, 0.6) is 0 Å². The summed E-state index contributed by atoms with van der Waals surface area (Å²) in [5.41, 5.74) is 2.46. The standard InChI is InChI=1S/C26H30N4O5S2/c1-34-15-14-30-21-9-8-19(25(33)35-2)16-22(21)37-26(30)27-23(31)17-36-18-24(32)29-12-10-28(11-13-29)20-6-4-3-5-7-20/h3-9,16H,10-15,17-18H2,1-2H3. The van der Waals surface area contributed by atoms with Gasteiger partial charge in [-0.2, -0.15) is 4.99 Å². The number of fused-ring (bicyclic) bond motifs is 1. The first-order valence-electron chi connectivity index (χ1n) is 11.9. The molecule has 196 valence electrons. The number of carbonyl (C=O) groups is 3. The Bertz CT molecular complexity index is 1310. The van der Waals surface area contributed by atoms with Crippen LogP contribution in [-0.4, -0.2) is 85.8 Å². The molecule has 0 atom stereocenters. The average molecular weight is 543 g/mol. The maximum absolute atomic E-state index is 12.7. The van der Waals surface area contributed by atoms with Crippen molar-refractivity contribution in [2.24, 2.45) is 4.99 Å². The van der Waals surface area contributed by atoms with Crippen molar-refractivity contribution < 1.29 is 23.9 Å². The largest absolute Gasteiger partial charge is 0.465 e. The Morgan fingerprint density at radius 2 is 1.76 bits per heavy atom. The Morgan fingerprint density at radius 3 is 2.46 bits per heavy atom. The third-order valence-corrected chi connectivity index (χ3v) is 7.99. The number of hydrogen-bond acceptors (Lipinski definition) is 8. The second kappa shape index (κ2) is 12.9. The smallest absolute Gasteiger partial charge is 0.337 e. The molecule has 0 unspecified atom stereocenters. The summed E-state index contributed by atoms with van der Waals surface area (Å²) in [4.78, 5) is 46.2. The molecule has 0 aliphatic carbocycles. The zero-order valence-corrected chi connectivity index (χ0v) is 22.6. The molecule has 0 N–H and O–H groups in total. The van der Waals surface area contributed by atoms with Crippen LogP contribution in [0.2, 0.25) is 0 Å². The molecular formula is C26H30N4O5S2. The molecule has 2 amide bonds. The molecule has 2 aromatic carbocycles. The second-order valence-electron chi connectivity index (χ2n) is 8.40. The van der Waals surface area contributed by atoms with Crippen molar-refractivity contribution >= 4 is 56.8 Å². The predicted octanol–water partition coefficient (Wildman–Crippen LogP) is 2.65. The fraction of sp³-hybridized carbons (Fsp3) is 0.385. The number of piperazine rings is 1. The first-order chi connectivity index (χ1) is 18.0. The van der Waals surface area contributed by atoms with E-state index in [1.165, 1.54) is 35.9 Å². The van der Waals surface area contributed by atoms with E-state index >= 15 is 0 Å². The molecule has 0 radical (unpaired) electrons. The number of hydrogen-bond donors (Lipinski definition) is 0. The minimum atomic E-state index is -0.421. The lowest BCUT2D eigenvalue weighted by atomic mass is 10.2. The highest BCUT2D eigenvalue weighted by Crippen LogP contribution is 2.20. The van der Waals surface area contributed by atoms with E-state index in [-0.39, 0.29) is 23.3 Å². The lowest BCUT2D eigenvalue weighted by Gasteiger charge is -2.36. The van der Waals surface area contributed by atoms with Crippen molar-refractivity contribution in [3.05, 3.63) is 58.9 Å². The van der Waals surface area contributed by atoms with E-state index in [4.69, 9.17) is 9.47 Å². The number of anilines is 1. The molecule has 1 aliphatic heterocycles. The number of thioether (sulfide) groups is 1. The predicted molar refractivity (Wildman–Crippen MR) is 146 cm³/mol. The number of aromatic nitrogens is 1. The topological polar surface area (TPSA) is 93.4 Å². The van der Waals surface area contributed by atoms with Crippen molar-refractivity contribution in [1.82, 2.24) is 9.47 Å². The van der Waals surface area contributed by atoms with Gasteiger partial charge in [0, 0.05) is 45.5 Å². The highest BCUT2D eigenvalue weighted by Gasteiger charge is 2.21. The number of amides is 2. The Balaban J connectivity index is 1.35. The van der Waals surface area contributed by atoms with Crippen molar-refractivity contribution in [1.29, 1.82) is 0 Å². The number of esters is 1. The van der Waals surface area contributed by atoms with Gasteiger partial charge in [-0.05, 0) is 30.3 Å². The molecule has 9 nitrogen and oxygen atoms in total. The minimum Gasteiger partial charge on any atom is -0.465 e. The van der Waals surface area contributed by atoms with Gasteiger partial charge in [0.05, 0.1) is 41.0 Å². The van der Waals surface area contributed by atoms with E-state index < -0.39 is 5.97 Å². The number of methoxy groups -OCH3 is 2. The van der Waals surface area contributed by atoms with Crippen molar-refractivity contribution in [3.63, 3.8) is 0 Å². The summed E-state index contributed by atoms with van der Waals surface area (Å²) in [6, 6.07) is 15.4. The van der Waals surface area contributed by atoms with Gasteiger partial charge in [-0.3, -0.25) is 9.59 Å². The highest BCUT2D eigenvalue weighted by atomic mass is 32.2. The van der Waals surface area contributed by atoms with Gasteiger partial charge in [-0.25, -0.2) is 4.79 Å². The van der Waals surface area contributed by atoms with E-state index in [1.54, 1.807) is 19.2 Å². The van der Waals surface area contributed by atoms with Crippen LogP contribution in [0.1, 0.15) is 10.4 Å². The lowest BCUT2D eigenvalue weighted by Crippen LogP contribution is -2.49. The van der Waals surface area contributed by atoms with Crippen LogP contribution in [0.15, 0.2) is 53.5 Å². The van der Waals surface area contributed by atoms with E-state index in [9.17, 15) is 14.4 Å². The average Bonchev–Trinajstić information content (AvgIpc) is 3.27. The van der Waals surface area contributed by atoms with Crippen LogP contribution < -0.4 is 9.70 Å². The first kappa shape index (κ1) is 26.9. The van der Waals surface area contributed by atoms with Crippen molar-refractivity contribution in [3.8, 4) is 0 Å². The Labute approximate surface area is 223 Å². The number of ether oxygens (including phenoxy) is 2. The fourth-order valence-electron chi connectivity index (χ4n) is 4.11. The van der Waals surface area contributed by atoms with Crippen LogP contribution in [0.4, 0.5) is 5.69 Å². The summed E-state index contributed by atoms with van der Waals surface area (Å²) in [7, 11) is 2.95. The normalized spacial score (nSPS) is 14.3. The summed E-state index contributed by atoms with van der Waals surface area (Å²) >= 11 is 2.61. The van der Waals surface area contributed by atoms with Gasteiger partial charge in [-0.15, -0.1) is 11.8 Å². The molecule has 11 heteroatoms. The molecule has 2 heterocycles. The number of para-hydroxylation sites is 1. The number of carbonyl (C=O) groups excluding carboxylic acids is 3. The van der Waals surface area contributed by atoms with Gasteiger partial charge in [-0.1, -0.05) is 29.5 Å². The quantitative estimate of drug-likeness (QED) is 0.384. The maximum atomic E-state index is 12.7. The lowest BCUT2D eigenvalue weighted by molar-refractivity contribution is -0.128. The maximum Gasteiger partial charge on any atom is 0.337 e. The molecular weight excluding hydrogens is 512 g/mol. The summed E-state index contributed by atoms with van der Waals surface area (Å²) in [5.74, 6) is -0.335. The summed E-state index contributed by atoms with van der Waals surface area (Å²) < 4.78 is 12.8. The van der Waals surface area contributed by atoms with Gasteiger partial charge in [0.15, 0.2) is 4.80 Å². The zero-order valence-electron chi connectivity index (χ0n) is 20.9. The monoisotopic (exact) mass is 542 g/mol. The number of benzene rings is 2. The Morgan fingerprint density at radius 1 is 1.00 bits per heavy atom. The van der Waals surface area contributed by atoms with Crippen molar-refractivity contribution in [2.75, 3.05) is 63.4 Å². The zero-order chi connectivity index (χ0) is 26.2. The van der Waals surface area contributed by atoms with Gasteiger partial charge in [0.25, 0.3) is 5.91 Å². The molecule has 0 bridgehead atoms. The molecule has 4 rings (SSSR count). The minimum absolute atomic E-state index is 0.0397. The molecule has 1 fully saturated rings. The SMILES string of the molecule is COCCn1c(=NC(=O)CSCC(=O)N2CCN(c3ccccc3)CC2)sc2cc(C(=O)OC)ccc21. The third-order valence-electron chi connectivity index (χ3n) is 6.05. The summed E-state index contributed by atoms with van der Waals surface area (Å²) in [5, 5.41) is 0. The molecule has 1 saturated heterocycles. The van der Waals surface area contributed by atoms with Crippen LogP contribution >= 0.6 is 23.1 Å². The molecule has 3 aromatic rings. The molecule has 1 aromatic heterocycles. The van der Waals surface area contributed by atoms with Crippen LogP contribution in [0.3, 0.4) is 0 Å². The Kier molecular flexibility index (Phi) is 9.37. The van der Waals surface area contributed by atoms with Crippen LogP contribution in [0, 0.1) is 0 Å². The Hall–Kier alpha value is -3.15. The van der Waals surface area contributed by atoms with Gasteiger partial charge >= 0.3 is 5.97 Å². The molecule has 0 spiro atoms.